The second-order valence-corrected chi connectivity index (χ2v) is 9.95. The van der Waals surface area contributed by atoms with Gasteiger partial charge in [0.2, 0.25) is 21.8 Å². The van der Waals surface area contributed by atoms with Gasteiger partial charge in [0.25, 0.3) is 0 Å². The summed E-state index contributed by atoms with van der Waals surface area (Å²) in [5, 5.41) is 5.46. The van der Waals surface area contributed by atoms with E-state index in [-0.39, 0.29) is 47.7 Å². The van der Waals surface area contributed by atoms with E-state index in [1.54, 1.807) is 0 Å². The van der Waals surface area contributed by atoms with Gasteiger partial charge in [-0.3, -0.25) is 9.59 Å². The summed E-state index contributed by atoms with van der Waals surface area (Å²) in [4.78, 5) is 24.3. The van der Waals surface area contributed by atoms with E-state index in [2.05, 4.69) is 15.4 Å². The number of amides is 2. The summed E-state index contributed by atoms with van der Waals surface area (Å²) >= 11 is 0. The van der Waals surface area contributed by atoms with E-state index < -0.39 is 15.8 Å². The molecule has 31 heavy (non-hydrogen) atoms. The van der Waals surface area contributed by atoms with Crippen LogP contribution in [0.4, 0.5) is 4.39 Å². The molecule has 1 aromatic carbocycles. The summed E-state index contributed by atoms with van der Waals surface area (Å²) in [7, 11) is -3.69. The van der Waals surface area contributed by atoms with E-state index in [9.17, 15) is 22.4 Å². The first kappa shape index (κ1) is 23.6. The Bertz CT molecular complexity index is 848. The SMILES string of the molecule is O=C(CNC(=O)C1CCC(CNS(=O)(=O)c2ccc(F)cc2)CC1)NC[C@@H]1CCCO1. The molecule has 0 unspecified atom stereocenters. The van der Waals surface area contributed by atoms with Crippen LogP contribution < -0.4 is 15.4 Å². The molecule has 0 radical (unpaired) electrons. The molecule has 2 aliphatic rings. The van der Waals surface area contributed by atoms with Crippen LogP contribution in [0.1, 0.15) is 38.5 Å². The molecule has 8 nitrogen and oxygen atoms in total. The number of hydrogen-bond acceptors (Lipinski definition) is 5. The normalized spacial score (nSPS) is 24.0. The highest BCUT2D eigenvalue weighted by Gasteiger charge is 2.27. The number of ether oxygens (including phenoxy) is 1. The average Bonchev–Trinajstić information content (AvgIpc) is 3.29. The third kappa shape index (κ3) is 7.26. The number of halogens is 1. The van der Waals surface area contributed by atoms with Gasteiger partial charge in [0.15, 0.2) is 0 Å². The molecule has 1 aromatic rings. The zero-order chi connectivity index (χ0) is 22.3. The molecule has 2 amide bonds. The third-order valence-corrected chi connectivity index (χ3v) is 7.32. The van der Waals surface area contributed by atoms with E-state index in [1.165, 1.54) is 12.1 Å². The van der Waals surface area contributed by atoms with Crippen molar-refractivity contribution < 1.29 is 27.1 Å². The van der Waals surface area contributed by atoms with Crippen molar-refractivity contribution in [3.63, 3.8) is 0 Å². The van der Waals surface area contributed by atoms with Gasteiger partial charge in [-0.05, 0) is 68.7 Å². The Hall–Kier alpha value is -2.04. The van der Waals surface area contributed by atoms with Crippen LogP contribution in [0.25, 0.3) is 0 Å². The fourth-order valence-corrected chi connectivity index (χ4v) is 5.08. The highest BCUT2D eigenvalue weighted by atomic mass is 32.2. The number of benzene rings is 1. The summed E-state index contributed by atoms with van der Waals surface area (Å²) in [5.41, 5.74) is 0. The molecular weight excluding hydrogens is 425 g/mol. The molecule has 0 spiro atoms. The quantitative estimate of drug-likeness (QED) is 0.520. The smallest absolute Gasteiger partial charge is 0.240 e. The van der Waals surface area contributed by atoms with Crippen molar-refractivity contribution in [2.75, 3.05) is 26.2 Å². The summed E-state index contributed by atoms with van der Waals surface area (Å²) in [6.07, 6.45) is 4.74. The van der Waals surface area contributed by atoms with Crippen molar-refractivity contribution >= 4 is 21.8 Å². The third-order valence-electron chi connectivity index (χ3n) is 5.88. The zero-order valence-electron chi connectivity index (χ0n) is 17.4. The van der Waals surface area contributed by atoms with Gasteiger partial charge in [0, 0.05) is 25.6 Å². The van der Waals surface area contributed by atoms with Gasteiger partial charge in [-0.2, -0.15) is 0 Å². The number of nitrogens with one attached hydrogen (secondary N) is 3. The first-order chi connectivity index (χ1) is 14.8. The summed E-state index contributed by atoms with van der Waals surface area (Å²) in [5.74, 6) is -0.897. The van der Waals surface area contributed by atoms with Crippen LogP contribution in [0, 0.1) is 17.7 Å². The van der Waals surface area contributed by atoms with Gasteiger partial charge >= 0.3 is 0 Å². The molecule has 3 rings (SSSR count). The zero-order valence-corrected chi connectivity index (χ0v) is 18.3. The van der Waals surface area contributed by atoms with Crippen molar-refractivity contribution in [2.45, 2.75) is 49.5 Å². The van der Waals surface area contributed by atoms with E-state index in [0.29, 0.717) is 19.4 Å². The number of carbonyl (C=O) groups excluding carboxylic acids is 2. The Kier molecular flexibility index (Phi) is 8.39. The predicted octanol–water partition coefficient (Wildman–Crippen LogP) is 1.32. The van der Waals surface area contributed by atoms with Crippen molar-refractivity contribution in [3.05, 3.63) is 30.1 Å². The first-order valence-corrected chi connectivity index (χ1v) is 12.2. The number of hydrogen-bond donors (Lipinski definition) is 3. The van der Waals surface area contributed by atoms with Gasteiger partial charge in [0.05, 0.1) is 17.5 Å². The molecule has 172 valence electrons. The lowest BCUT2D eigenvalue weighted by Gasteiger charge is -2.27. The molecule has 3 N–H and O–H groups in total. The Morgan fingerprint density at radius 1 is 1.00 bits per heavy atom. The largest absolute Gasteiger partial charge is 0.376 e. The fraction of sp³-hybridized carbons (Fsp3) is 0.619. The molecule has 10 heteroatoms. The van der Waals surface area contributed by atoms with Crippen LogP contribution in [-0.4, -0.2) is 52.6 Å². The minimum absolute atomic E-state index is 0.0275. The standard InChI is InChI=1S/C21H30FN3O5S/c22-17-7-9-19(10-8-17)31(28,29)25-12-15-3-5-16(6-4-15)21(27)24-14-20(26)23-13-18-2-1-11-30-18/h7-10,15-16,18,25H,1-6,11-14H2,(H,23,26)(H,24,27)/t15?,16?,18-/m0/s1. The summed E-state index contributed by atoms with van der Waals surface area (Å²) in [6, 6.07) is 4.69. The van der Waals surface area contributed by atoms with Gasteiger partial charge < -0.3 is 15.4 Å². The first-order valence-electron chi connectivity index (χ1n) is 10.7. The molecule has 0 aromatic heterocycles. The van der Waals surface area contributed by atoms with Gasteiger partial charge in [-0.15, -0.1) is 0 Å². The van der Waals surface area contributed by atoms with E-state index in [1.807, 2.05) is 0 Å². The van der Waals surface area contributed by atoms with Crippen LogP contribution in [0.3, 0.4) is 0 Å². The molecule has 2 fully saturated rings. The molecule has 0 bridgehead atoms. The minimum atomic E-state index is -3.69. The van der Waals surface area contributed by atoms with Crippen molar-refractivity contribution in [2.24, 2.45) is 11.8 Å². The summed E-state index contributed by atoms with van der Waals surface area (Å²) < 4.78 is 45.6. The van der Waals surface area contributed by atoms with Gasteiger partial charge in [-0.25, -0.2) is 17.5 Å². The number of sulfonamides is 1. The number of carbonyl (C=O) groups is 2. The topological polar surface area (TPSA) is 114 Å². The molecule has 1 heterocycles. The Labute approximate surface area is 182 Å². The Morgan fingerprint density at radius 3 is 2.35 bits per heavy atom. The van der Waals surface area contributed by atoms with Crippen LogP contribution in [0.15, 0.2) is 29.2 Å². The lowest BCUT2D eigenvalue weighted by atomic mass is 9.81. The average molecular weight is 456 g/mol. The Balaban J connectivity index is 1.33. The maximum absolute atomic E-state index is 13.0. The molecule has 1 aliphatic carbocycles. The minimum Gasteiger partial charge on any atom is -0.376 e. The molecule has 1 atom stereocenters. The maximum atomic E-state index is 13.0. The lowest BCUT2D eigenvalue weighted by molar-refractivity contribution is -0.129. The lowest BCUT2D eigenvalue weighted by Crippen LogP contribution is -2.42. The van der Waals surface area contributed by atoms with Crippen molar-refractivity contribution in [1.29, 1.82) is 0 Å². The molecule has 1 saturated heterocycles. The van der Waals surface area contributed by atoms with E-state index in [0.717, 1.165) is 44.4 Å². The Morgan fingerprint density at radius 2 is 1.71 bits per heavy atom. The molecule has 1 aliphatic heterocycles. The highest BCUT2D eigenvalue weighted by molar-refractivity contribution is 7.89. The summed E-state index contributed by atoms with van der Waals surface area (Å²) in [6.45, 7) is 1.42. The van der Waals surface area contributed by atoms with Gasteiger partial charge in [0.1, 0.15) is 5.82 Å². The second-order valence-electron chi connectivity index (χ2n) is 8.18. The molecular formula is C21H30FN3O5S. The van der Waals surface area contributed by atoms with E-state index in [4.69, 9.17) is 4.74 Å². The predicted molar refractivity (Wildman–Crippen MR) is 112 cm³/mol. The van der Waals surface area contributed by atoms with E-state index >= 15 is 0 Å². The second kappa shape index (κ2) is 11.0. The van der Waals surface area contributed by atoms with Crippen LogP contribution in [-0.2, 0) is 24.3 Å². The van der Waals surface area contributed by atoms with Gasteiger partial charge in [-0.1, -0.05) is 0 Å². The van der Waals surface area contributed by atoms with Crippen LogP contribution in [0.2, 0.25) is 0 Å². The number of rotatable bonds is 9. The monoisotopic (exact) mass is 455 g/mol. The van der Waals surface area contributed by atoms with Crippen LogP contribution in [0.5, 0.6) is 0 Å². The van der Waals surface area contributed by atoms with Crippen molar-refractivity contribution in [3.8, 4) is 0 Å². The maximum Gasteiger partial charge on any atom is 0.240 e. The molecule has 1 saturated carbocycles. The fourth-order valence-electron chi connectivity index (χ4n) is 3.96. The van der Waals surface area contributed by atoms with Crippen LogP contribution >= 0.6 is 0 Å². The van der Waals surface area contributed by atoms with Crippen molar-refractivity contribution in [1.82, 2.24) is 15.4 Å². The highest BCUT2D eigenvalue weighted by Crippen LogP contribution is 2.28.